The molecule has 1 aliphatic rings. The number of rotatable bonds is 4. The lowest BCUT2D eigenvalue weighted by Crippen LogP contribution is -2.61. The van der Waals surface area contributed by atoms with E-state index in [4.69, 9.17) is 18.6 Å². The Kier molecular flexibility index (Phi) is 5.23. The lowest BCUT2D eigenvalue weighted by Gasteiger charge is -2.41. The third kappa shape index (κ3) is 3.70. The molecule has 1 aromatic heterocycles. The SMILES string of the molecule is CC(=O)O[C@H]1[C@H](O)[C@@H](O)[C@H](Oc2ccc3ccc(=O)oc3c2)O[C@@H]1CO. The van der Waals surface area contributed by atoms with E-state index < -0.39 is 48.9 Å². The van der Waals surface area contributed by atoms with E-state index in [0.29, 0.717) is 5.39 Å². The Morgan fingerprint density at radius 2 is 1.92 bits per heavy atom. The van der Waals surface area contributed by atoms with Crippen molar-refractivity contribution >= 4 is 16.9 Å². The molecule has 3 rings (SSSR count). The first-order chi connectivity index (χ1) is 12.4. The molecule has 0 radical (unpaired) electrons. The molecule has 2 heterocycles. The van der Waals surface area contributed by atoms with Gasteiger partial charge in [-0.1, -0.05) is 0 Å². The fourth-order valence-electron chi connectivity index (χ4n) is 2.74. The molecule has 9 heteroatoms. The van der Waals surface area contributed by atoms with Gasteiger partial charge in [-0.25, -0.2) is 4.79 Å². The number of esters is 1. The van der Waals surface area contributed by atoms with Crippen molar-refractivity contribution in [1.29, 1.82) is 0 Å². The molecule has 0 saturated carbocycles. The fraction of sp³-hybridized carbons (Fsp3) is 0.412. The number of aliphatic hydroxyl groups excluding tert-OH is 3. The van der Waals surface area contributed by atoms with E-state index >= 15 is 0 Å². The normalized spacial score (nSPS) is 28.7. The summed E-state index contributed by atoms with van der Waals surface area (Å²) in [6.45, 7) is 0.577. The first-order valence-corrected chi connectivity index (χ1v) is 7.89. The quantitative estimate of drug-likeness (QED) is 0.485. The lowest BCUT2D eigenvalue weighted by atomic mass is 9.99. The minimum Gasteiger partial charge on any atom is -0.462 e. The summed E-state index contributed by atoms with van der Waals surface area (Å²) in [6.07, 6.45) is -6.71. The Morgan fingerprint density at radius 1 is 1.19 bits per heavy atom. The first-order valence-electron chi connectivity index (χ1n) is 7.89. The second kappa shape index (κ2) is 7.42. The highest BCUT2D eigenvalue weighted by atomic mass is 16.7. The third-order valence-electron chi connectivity index (χ3n) is 3.97. The van der Waals surface area contributed by atoms with Crippen LogP contribution in [0.25, 0.3) is 11.0 Å². The summed E-state index contributed by atoms with van der Waals surface area (Å²) >= 11 is 0. The van der Waals surface area contributed by atoms with Crippen molar-refractivity contribution in [1.82, 2.24) is 0 Å². The van der Waals surface area contributed by atoms with Gasteiger partial charge in [0.15, 0.2) is 6.10 Å². The molecule has 0 unspecified atom stereocenters. The van der Waals surface area contributed by atoms with Crippen molar-refractivity contribution in [3.63, 3.8) is 0 Å². The molecule has 0 amide bonds. The molecule has 1 fully saturated rings. The minimum atomic E-state index is -1.54. The van der Waals surface area contributed by atoms with Gasteiger partial charge in [0.2, 0.25) is 6.29 Å². The Hall–Kier alpha value is -2.46. The predicted molar refractivity (Wildman–Crippen MR) is 86.4 cm³/mol. The van der Waals surface area contributed by atoms with E-state index in [1.807, 2.05) is 0 Å². The van der Waals surface area contributed by atoms with E-state index in [1.54, 1.807) is 18.2 Å². The van der Waals surface area contributed by atoms with Crippen LogP contribution in [0.4, 0.5) is 0 Å². The molecular formula is C17H18O9. The lowest BCUT2D eigenvalue weighted by molar-refractivity contribution is -0.281. The van der Waals surface area contributed by atoms with Crippen LogP contribution in [-0.2, 0) is 14.3 Å². The van der Waals surface area contributed by atoms with Crippen molar-refractivity contribution in [2.24, 2.45) is 0 Å². The van der Waals surface area contributed by atoms with Gasteiger partial charge in [0.1, 0.15) is 29.6 Å². The summed E-state index contributed by atoms with van der Waals surface area (Å²) in [5, 5.41) is 30.5. The second-order valence-corrected chi connectivity index (χ2v) is 5.85. The maximum Gasteiger partial charge on any atom is 0.336 e. The van der Waals surface area contributed by atoms with Crippen LogP contribution in [0.3, 0.4) is 0 Å². The van der Waals surface area contributed by atoms with Gasteiger partial charge in [-0.05, 0) is 18.2 Å². The predicted octanol–water partition coefficient (Wildman–Crippen LogP) is -0.458. The van der Waals surface area contributed by atoms with Crippen molar-refractivity contribution in [2.75, 3.05) is 6.61 Å². The average Bonchev–Trinajstić information content (AvgIpc) is 2.60. The molecule has 5 atom stereocenters. The van der Waals surface area contributed by atoms with Crippen LogP contribution in [0, 0.1) is 0 Å². The zero-order chi connectivity index (χ0) is 18.8. The zero-order valence-electron chi connectivity index (χ0n) is 13.8. The van der Waals surface area contributed by atoms with E-state index in [0.717, 1.165) is 6.92 Å². The number of aliphatic hydroxyl groups is 3. The summed E-state index contributed by atoms with van der Waals surface area (Å²) in [4.78, 5) is 22.4. The summed E-state index contributed by atoms with van der Waals surface area (Å²) in [5.74, 6) is -0.474. The molecule has 0 aliphatic carbocycles. The Labute approximate surface area is 147 Å². The van der Waals surface area contributed by atoms with Crippen LogP contribution in [0.2, 0.25) is 0 Å². The number of carbonyl (C=O) groups is 1. The third-order valence-corrected chi connectivity index (χ3v) is 3.97. The molecule has 1 saturated heterocycles. The van der Waals surface area contributed by atoms with Crippen LogP contribution in [-0.4, -0.2) is 58.6 Å². The number of ether oxygens (including phenoxy) is 3. The summed E-state index contributed by atoms with van der Waals surface area (Å²) in [7, 11) is 0. The van der Waals surface area contributed by atoms with Gasteiger partial charge in [0.25, 0.3) is 0 Å². The van der Waals surface area contributed by atoms with E-state index in [1.165, 1.54) is 12.1 Å². The summed E-state index contributed by atoms with van der Waals surface area (Å²) < 4.78 is 20.9. The van der Waals surface area contributed by atoms with Crippen LogP contribution < -0.4 is 10.4 Å². The van der Waals surface area contributed by atoms with Crippen molar-refractivity contribution < 1.29 is 38.7 Å². The van der Waals surface area contributed by atoms with Crippen LogP contribution in [0.5, 0.6) is 5.75 Å². The summed E-state index contributed by atoms with van der Waals surface area (Å²) in [6, 6.07) is 7.52. The standard InChI is InChI=1S/C17H18O9/c1-8(19)23-16-12(7-18)26-17(15(22)14(16)21)24-10-4-2-9-3-5-13(20)25-11(9)6-10/h2-6,12,14-18,21-22H,7H2,1H3/t12-,14-,15-,16-,17-/m1/s1. The number of hydrogen-bond donors (Lipinski definition) is 3. The first kappa shape index (κ1) is 18.3. The number of carbonyl (C=O) groups excluding carboxylic acids is 1. The molecule has 2 aromatic rings. The van der Waals surface area contributed by atoms with Crippen molar-refractivity contribution in [3.05, 3.63) is 40.8 Å². The van der Waals surface area contributed by atoms with Crippen molar-refractivity contribution in [2.45, 2.75) is 37.6 Å². The zero-order valence-corrected chi connectivity index (χ0v) is 13.8. The van der Waals surface area contributed by atoms with Gasteiger partial charge in [0, 0.05) is 24.4 Å². The molecule has 0 spiro atoms. The second-order valence-electron chi connectivity index (χ2n) is 5.85. The highest BCUT2D eigenvalue weighted by Crippen LogP contribution is 2.27. The van der Waals surface area contributed by atoms with Gasteiger partial charge in [0.05, 0.1) is 6.61 Å². The molecule has 1 aliphatic heterocycles. The molecule has 1 aromatic carbocycles. The van der Waals surface area contributed by atoms with Gasteiger partial charge in [-0.2, -0.15) is 0 Å². The smallest absolute Gasteiger partial charge is 0.336 e. The maximum atomic E-state index is 11.3. The molecule has 3 N–H and O–H groups in total. The van der Waals surface area contributed by atoms with Gasteiger partial charge < -0.3 is 33.9 Å². The van der Waals surface area contributed by atoms with Crippen LogP contribution in [0.1, 0.15) is 6.92 Å². The highest BCUT2D eigenvalue weighted by molar-refractivity contribution is 5.77. The van der Waals surface area contributed by atoms with Gasteiger partial charge in [-0.15, -0.1) is 0 Å². The van der Waals surface area contributed by atoms with Crippen LogP contribution in [0.15, 0.2) is 39.5 Å². The Morgan fingerprint density at radius 3 is 2.62 bits per heavy atom. The van der Waals surface area contributed by atoms with Crippen molar-refractivity contribution in [3.8, 4) is 5.75 Å². The maximum absolute atomic E-state index is 11.3. The summed E-state index contributed by atoms with van der Waals surface area (Å²) in [5.41, 5.74) is -0.249. The molecular weight excluding hydrogens is 348 g/mol. The van der Waals surface area contributed by atoms with Gasteiger partial charge >= 0.3 is 11.6 Å². The van der Waals surface area contributed by atoms with E-state index in [2.05, 4.69) is 0 Å². The van der Waals surface area contributed by atoms with Gasteiger partial charge in [-0.3, -0.25) is 4.79 Å². The number of hydrogen-bond acceptors (Lipinski definition) is 9. The topological polar surface area (TPSA) is 136 Å². The Balaban J connectivity index is 1.81. The largest absolute Gasteiger partial charge is 0.462 e. The molecule has 140 valence electrons. The molecule has 0 bridgehead atoms. The monoisotopic (exact) mass is 366 g/mol. The van der Waals surface area contributed by atoms with E-state index in [-0.39, 0.29) is 11.3 Å². The highest BCUT2D eigenvalue weighted by Gasteiger charge is 2.47. The Bertz CT molecular complexity index is 843. The number of benzene rings is 1. The minimum absolute atomic E-state index is 0.214. The molecule has 26 heavy (non-hydrogen) atoms. The molecule has 9 nitrogen and oxygen atoms in total. The van der Waals surface area contributed by atoms with Crippen LogP contribution >= 0.6 is 0 Å². The number of fused-ring (bicyclic) bond motifs is 1. The fourth-order valence-corrected chi connectivity index (χ4v) is 2.74. The average molecular weight is 366 g/mol. The van der Waals surface area contributed by atoms with E-state index in [9.17, 15) is 24.9 Å².